The quantitative estimate of drug-likeness (QED) is 0.328. The molecule has 1 aromatic heterocycles. The van der Waals surface area contributed by atoms with Gasteiger partial charge in [0.1, 0.15) is 0 Å². The summed E-state index contributed by atoms with van der Waals surface area (Å²) in [6.45, 7) is 0.722. The number of carbonyl (C=O) groups is 3. The van der Waals surface area contributed by atoms with Crippen LogP contribution in [0.15, 0.2) is 42.5 Å². The molecule has 4 N–H and O–H groups in total. The standard InChI is InChI=1S/C25H31N5O6S/c31-23(32)14-28-8-9-29(15-24(33)34)13-22(10-18-4-6-19(7-5-18)26-17-37)30(16-25(35)36)12-21-3-1-2-20(11-28)27-21/h1-7,17,22H,8-16H2,(H,26,37)(H,31,32)(H,33,34)(H,35,36). The summed E-state index contributed by atoms with van der Waals surface area (Å²) >= 11 is 4.83. The normalized spacial score (nSPS) is 17.8. The number of carboxylic acid groups (broad SMARTS) is 3. The second kappa shape index (κ2) is 13.7. The number of nitrogens with one attached hydrogen (secondary N) is 1. The second-order valence-corrected chi connectivity index (χ2v) is 9.20. The molecular weight excluding hydrogens is 498 g/mol. The molecule has 0 aliphatic carbocycles. The summed E-state index contributed by atoms with van der Waals surface area (Å²) in [5.74, 6) is -2.99. The number of aromatic nitrogens is 1. The zero-order valence-corrected chi connectivity index (χ0v) is 21.1. The highest BCUT2D eigenvalue weighted by atomic mass is 32.1. The van der Waals surface area contributed by atoms with Crippen molar-refractivity contribution in [2.75, 3.05) is 44.6 Å². The molecule has 2 bridgehead atoms. The number of hydrogen-bond acceptors (Lipinski definition) is 8. The van der Waals surface area contributed by atoms with Crippen LogP contribution in [0.4, 0.5) is 5.69 Å². The van der Waals surface area contributed by atoms with E-state index in [2.05, 4.69) is 10.3 Å². The number of thiocarbonyl (C=S) groups is 1. The van der Waals surface area contributed by atoms with E-state index < -0.39 is 17.9 Å². The van der Waals surface area contributed by atoms with Gasteiger partial charge < -0.3 is 20.6 Å². The first kappa shape index (κ1) is 28.1. The Hall–Kier alpha value is -3.45. The highest BCUT2D eigenvalue weighted by molar-refractivity contribution is 7.79. The van der Waals surface area contributed by atoms with E-state index in [4.69, 9.17) is 12.2 Å². The van der Waals surface area contributed by atoms with E-state index in [0.29, 0.717) is 30.9 Å². The van der Waals surface area contributed by atoms with Crippen molar-refractivity contribution in [2.45, 2.75) is 25.6 Å². The van der Waals surface area contributed by atoms with Crippen LogP contribution in [0.1, 0.15) is 17.0 Å². The van der Waals surface area contributed by atoms with Crippen molar-refractivity contribution in [1.29, 1.82) is 0 Å². The molecule has 0 saturated carbocycles. The Kier molecular flexibility index (Phi) is 10.4. The van der Waals surface area contributed by atoms with Gasteiger partial charge in [-0.3, -0.25) is 34.1 Å². The van der Waals surface area contributed by atoms with Crippen molar-refractivity contribution >= 4 is 41.3 Å². The van der Waals surface area contributed by atoms with E-state index in [1.54, 1.807) is 15.9 Å². The van der Waals surface area contributed by atoms with Gasteiger partial charge in [-0.2, -0.15) is 0 Å². The monoisotopic (exact) mass is 529 g/mol. The fourth-order valence-electron chi connectivity index (χ4n) is 4.43. The lowest BCUT2D eigenvalue weighted by molar-refractivity contribution is -0.141. The predicted molar refractivity (Wildman–Crippen MR) is 140 cm³/mol. The Balaban J connectivity index is 1.98. The van der Waals surface area contributed by atoms with E-state index in [0.717, 1.165) is 11.3 Å². The molecule has 1 aliphatic rings. The minimum absolute atomic E-state index is 0.205. The molecule has 37 heavy (non-hydrogen) atoms. The molecule has 11 nitrogen and oxygen atoms in total. The highest BCUT2D eigenvalue weighted by Crippen LogP contribution is 2.18. The second-order valence-electron chi connectivity index (χ2n) is 8.97. The summed E-state index contributed by atoms with van der Waals surface area (Å²) < 4.78 is 0. The van der Waals surface area contributed by atoms with Crippen molar-refractivity contribution in [3.8, 4) is 0 Å². The summed E-state index contributed by atoms with van der Waals surface area (Å²) in [7, 11) is 0. The predicted octanol–water partition coefficient (Wildman–Crippen LogP) is 1.24. The molecule has 1 atom stereocenters. The van der Waals surface area contributed by atoms with E-state index >= 15 is 0 Å². The van der Waals surface area contributed by atoms with Gasteiger partial charge in [0.15, 0.2) is 0 Å². The Morgan fingerprint density at radius 2 is 1.49 bits per heavy atom. The van der Waals surface area contributed by atoms with E-state index in [-0.39, 0.29) is 45.3 Å². The molecule has 12 heteroatoms. The molecule has 0 radical (unpaired) electrons. The van der Waals surface area contributed by atoms with Gasteiger partial charge in [-0.05, 0) is 36.2 Å². The molecule has 2 aromatic rings. The van der Waals surface area contributed by atoms with Gasteiger partial charge in [0, 0.05) is 44.5 Å². The molecule has 2 heterocycles. The van der Waals surface area contributed by atoms with Crippen LogP contribution in [0.3, 0.4) is 0 Å². The SMILES string of the molecule is O=C(O)CN1CCN(CC(=O)O)CC(Cc2ccc(NC=S)cc2)N(CC(=O)O)Cc2cccc(n2)C1. The number of rotatable bonds is 10. The van der Waals surface area contributed by atoms with Crippen molar-refractivity contribution in [1.82, 2.24) is 19.7 Å². The number of aliphatic carboxylic acids is 3. The van der Waals surface area contributed by atoms with Crippen LogP contribution in [-0.2, 0) is 33.9 Å². The minimum Gasteiger partial charge on any atom is -0.480 e. The third-order valence-corrected chi connectivity index (χ3v) is 6.16. The fraction of sp³-hybridized carbons (Fsp3) is 0.400. The lowest BCUT2D eigenvalue weighted by Crippen LogP contribution is -2.50. The van der Waals surface area contributed by atoms with Gasteiger partial charge in [0.2, 0.25) is 0 Å². The summed E-state index contributed by atoms with van der Waals surface area (Å²) in [5.41, 5.74) is 4.51. The molecule has 3 rings (SSSR count). The number of fused-ring (bicyclic) bond motifs is 2. The average Bonchev–Trinajstić information content (AvgIpc) is 2.81. The Morgan fingerprint density at radius 1 is 0.892 bits per heavy atom. The maximum atomic E-state index is 11.8. The first-order valence-electron chi connectivity index (χ1n) is 11.8. The maximum Gasteiger partial charge on any atom is 0.317 e. The van der Waals surface area contributed by atoms with E-state index in [1.807, 2.05) is 41.3 Å². The van der Waals surface area contributed by atoms with E-state index in [9.17, 15) is 29.7 Å². The molecule has 0 saturated heterocycles. The van der Waals surface area contributed by atoms with Crippen LogP contribution in [0.5, 0.6) is 0 Å². The molecule has 0 spiro atoms. The lowest BCUT2D eigenvalue weighted by Gasteiger charge is -2.36. The molecule has 0 fully saturated rings. The molecule has 0 amide bonds. The Morgan fingerprint density at radius 3 is 2.11 bits per heavy atom. The molecule has 1 unspecified atom stereocenters. The zero-order chi connectivity index (χ0) is 26.8. The third-order valence-electron chi connectivity index (χ3n) is 6.04. The number of benzene rings is 1. The van der Waals surface area contributed by atoms with Crippen molar-refractivity contribution in [2.24, 2.45) is 0 Å². The third kappa shape index (κ3) is 9.50. The Labute approximate surface area is 220 Å². The minimum atomic E-state index is -1.01. The fourth-order valence-corrected chi connectivity index (χ4v) is 4.57. The number of carboxylic acids is 3. The first-order chi connectivity index (χ1) is 17.7. The van der Waals surface area contributed by atoms with Gasteiger partial charge in [0.25, 0.3) is 0 Å². The first-order valence-corrected chi connectivity index (χ1v) is 12.3. The number of pyridine rings is 1. The summed E-state index contributed by atoms with van der Waals surface area (Å²) in [6.07, 6.45) is 0.472. The lowest BCUT2D eigenvalue weighted by atomic mass is 10.0. The molecule has 1 aromatic carbocycles. The largest absolute Gasteiger partial charge is 0.480 e. The van der Waals surface area contributed by atoms with Crippen molar-refractivity contribution in [3.63, 3.8) is 0 Å². The van der Waals surface area contributed by atoms with Crippen LogP contribution < -0.4 is 5.32 Å². The van der Waals surface area contributed by atoms with Crippen LogP contribution in [0, 0.1) is 0 Å². The number of hydrogen-bond donors (Lipinski definition) is 4. The molecular formula is C25H31N5O6S. The van der Waals surface area contributed by atoms with Gasteiger partial charge in [0.05, 0.1) is 36.5 Å². The van der Waals surface area contributed by atoms with E-state index in [1.165, 1.54) is 5.49 Å². The van der Waals surface area contributed by atoms with Crippen molar-refractivity contribution < 1.29 is 29.7 Å². The smallest absolute Gasteiger partial charge is 0.317 e. The summed E-state index contributed by atoms with van der Waals surface area (Å²) in [4.78, 5) is 44.9. The van der Waals surface area contributed by atoms with Gasteiger partial charge >= 0.3 is 17.9 Å². The molecule has 198 valence electrons. The average molecular weight is 530 g/mol. The number of nitrogens with zero attached hydrogens (tertiary/aromatic N) is 4. The van der Waals surface area contributed by atoms with Gasteiger partial charge in [-0.15, -0.1) is 0 Å². The highest BCUT2D eigenvalue weighted by Gasteiger charge is 2.27. The van der Waals surface area contributed by atoms with Crippen LogP contribution in [-0.4, -0.2) is 104 Å². The summed E-state index contributed by atoms with van der Waals surface area (Å²) in [5, 5.41) is 31.6. The van der Waals surface area contributed by atoms with Gasteiger partial charge in [-0.25, -0.2) is 0 Å². The maximum absolute atomic E-state index is 11.8. The van der Waals surface area contributed by atoms with Crippen LogP contribution >= 0.6 is 12.2 Å². The van der Waals surface area contributed by atoms with Crippen LogP contribution in [0.2, 0.25) is 0 Å². The van der Waals surface area contributed by atoms with Crippen molar-refractivity contribution in [3.05, 3.63) is 59.4 Å². The van der Waals surface area contributed by atoms with Crippen LogP contribution in [0.25, 0.3) is 0 Å². The summed E-state index contributed by atoms with van der Waals surface area (Å²) in [6, 6.07) is 12.7. The number of anilines is 1. The topological polar surface area (TPSA) is 147 Å². The zero-order valence-electron chi connectivity index (χ0n) is 20.3. The Bertz CT molecular complexity index is 1100. The molecule has 1 aliphatic heterocycles. The van der Waals surface area contributed by atoms with Gasteiger partial charge in [-0.1, -0.05) is 30.4 Å².